The van der Waals surface area contributed by atoms with Crippen molar-refractivity contribution in [1.29, 1.82) is 0 Å². The van der Waals surface area contributed by atoms with Crippen LogP contribution in [0.2, 0.25) is 5.02 Å². The number of hydrogen-bond donors (Lipinski definition) is 1. The first-order chi connectivity index (χ1) is 12.3. The maximum atomic E-state index is 12.2. The highest BCUT2D eigenvalue weighted by Crippen LogP contribution is 2.23. The summed E-state index contributed by atoms with van der Waals surface area (Å²) in [6.45, 7) is 2.95. The molecule has 1 heterocycles. The van der Waals surface area contributed by atoms with Crippen LogP contribution in [0.5, 0.6) is 5.75 Å². The molecule has 26 heavy (non-hydrogen) atoms. The van der Waals surface area contributed by atoms with Crippen molar-refractivity contribution in [2.45, 2.75) is 19.9 Å². The van der Waals surface area contributed by atoms with Crippen LogP contribution < -0.4 is 10.5 Å². The molecule has 1 unspecified atom stereocenters. The lowest BCUT2D eigenvalue weighted by Crippen LogP contribution is -2.22. The van der Waals surface area contributed by atoms with Gasteiger partial charge in [0.2, 0.25) is 0 Å². The largest absolute Gasteiger partial charge is 0.496 e. The second-order valence-electron chi connectivity index (χ2n) is 5.22. The lowest BCUT2D eigenvalue weighted by molar-refractivity contribution is -0.385. The topological polar surface area (TPSA) is 135 Å². The van der Waals surface area contributed by atoms with Crippen LogP contribution in [-0.2, 0) is 9.63 Å². The van der Waals surface area contributed by atoms with Crippen LogP contribution in [0.4, 0.5) is 5.69 Å². The van der Waals surface area contributed by atoms with E-state index < -0.39 is 16.9 Å². The highest BCUT2D eigenvalue weighted by molar-refractivity contribution is 6.31. The number of hydrogen-bond acceptors (Lipinski definition) is 7. The second kappa shape index (κ2) is 7.83. The smallest absolute Gasteiger partial charge is 0.359 e. The Hall–Kier alpha value is -3.14. The summed E-state index contributed by atoms with van der Waals surface area (Å²) in [5, 5.41) is 18.7. The zero-order chi connectivity index (χ0) is 19.4. The molecule has 138 valence electrons. The minimum absolute atomic E-state index is 0.118. The number of carbonyl (C=O) groups is 1. The van der Waals surface area contributed by atoms with E-state index in [4.69, 9.17) is 26.9 Å². The summed E-state index contributed by atoms with van der Waals surface area (Å²) in [5.74, 6) is -0.513. The van der Waals surface area contributed by atoms with Gasteiger partial charge < -0.3 is 15.3 Å². The predicted molar refractivity (Wildman–Crippen MR) is 93.1 cm³/mol. The lowest BCUT2D eigenvalue weighted by Gasteiger charge is -2.11. The van der Waals surface area contributed by atoms with Crippen LogP contribution in [-0.4, -0.2) is 33.6 Å². The predicted octanol–water partition coefficient (Wildman–Crippen LogP) is 2.19. The van der Waals surface area contributed by atoms with Crippen LogP contribution in [0.15, 0.2) is 29.6 Å². The van der Waals surface area contributed by atoms with Crippen LogP contribution >= 0.6 is 11.6 Å². The number of ether oxygens (including phenoxy) is 1. The highest BCUT2D eigenvalue weighted by atomic mass is 35.5. The summed E-state index contributed by atoms with van der Waals surface area (Å²) >= 11 is 5.92. The fourth-order valence-corrected chi connectivity index (χ4v) is 2.36. The van der Waals surface area contributed by atoms with Gasteiger partial charge in [-0.2, -0.15) is 5.10 Å². The molecular weight excluding hydrogens is 366 g/mol. The summed E-state index contributed by atoms with van der Waals surface area (Å²) in [5.41, 5.74) is 6.19. The first kappa shape index (κ1) is 19.2. The van der Waals surface area contributed by atoms with Crippen molar-refractivity contribution in [2.75, 3.05) is 7.11 Å². The van der Waals surface area contributed by atoms with E-state index >= 15 is 0 Å². The van der Waals surface area contributed by atoms with E-state index in [-0.39, 0.29) is 17.2 Å². The average molecular weight is 382 g/mol. The molecule has 10 nitrogen and oxygen atoms in total. The second-order valence-corrected chi connectivity index (χ2v) is 5.66. The van der Waals surface area contributed by atoms with Crippen molar-refractivity contribution in [3.05, 3.63) is 50.8 Å². The molecule has 11 heteroatoms. The maximum absolute atomic E-state index is 12.2. The molecule has 1 atom stereocenters. The Balaban J connectivity index is 2.18. The molecule has 2 aromatic rings. The molecular formula is C15H16ClN5O5. The molecule has 2 rings (SSSR count). The van der Waals surface area contributed by atoms with Gasteiger partial charge in [-0.3, -0.25) is 10.1 Å². The van der Waals surface area contributed by atoms with Crippen molar-refractivity contribution >= 4 is 29.1 Å². The zero-order valence-electron chi connectivity index (χ0n) is 14.2. The molecule has 1 aromatic carbocycles. The maximum Gasteiger partial charge on any atom is 0.359 e. The molecule has 0 aliphatic carbocycles. The Morgan fingerprint density at radius 3 is 2.77 bits per heavy atom. The summed E-state index contributed by atoms with van der Waals surface area (Å²) < 4.78 is 6.32. The third-order valence-electron chi connectivity index (χ3n) is 3.59. The number of methoxy groups -OCH3 is 1. The summed E-state index contributed by atoms with van der Waals surface area (Å²) in [4.78, 5) is 27.3. The summed E-state index contributed by atoms with van der Waals surface area (Å²) in [6, 6.07) is 3.77. The zero-order valence-corrected chi connectivity index (χ0v) is 14.9. The third kappa shape index (κ3) is 3.91. The van der Waals surface area contributed by atoms with E-state index in [9.17, 15) is 14.9 Å². The monoisotopic (exact) mass is 381 g/mol. The molecule has 0 fully saturated rings. The van der Waals surface area contributed by atoms with Crippen LogP contribution in [0.3, 0.4) is 0 Å². The van der Waals surface area contributed by atoms with Gasteiger partial charge in [-0.15, -0.1) is 0 Å². The molecule has 0 saturated heterocycles. The normalized spacial score (nSPS) is 12.5. The van der Waals surface area contributed by atoms with Crippen molar-refractivity contribution in [3.63, 3.8) is 0 Å². The molecule has 0 aliphatic rings. The number of nitrogens with two attached hydrogens (primary N) is 1. The number of oxime groups is 1. The standard InChI is InChI=1S/C15H16ClN5O5/c1-8-12(21(23)24)7-18-20(8)9(2)15(22)26-19-14(17)11-6-10(16)4-5-13(11)25-3/h4-7,9H,1-3H3,(H2,17,19). The van der Waals surface area contributed by atoms with Gasteiger partial charge in [0, 0.05) is 5.02 Å². The van der Waals surface area contributed by atoms with Gasteiger partial charge in [0.25, 0.3) is 0 Å². The molecule has 0 aliphatic heterocycles. The van der Waals surface area contributed by atoms with Gasteiger partial charge in [-0.05, 0) is 32.0 Å². The van der Waals surface area contributed by atoms with E-state index in [2.05, 4.69) is 10.3 Å². The molecule has 0 amide bonds. The van der Waals surface area contributed by atoms with Crippen molar-refractivity contribution in [2.24, 2.45) is 10.9 Å². The number of aromatic nitrogens is 2. The van der Waals surface area contributed by atoms with Crippen molar-refractivity contribution in [1.82, 2.24) is 9.78 Å². The first-order valence-electron chi connectivity index (χ1n) is 7.33. The number of nitro groups is 1. The SMILES string of the molecule is COc1ccc(Cl)cc1/C(N)=N/OC(=O)C(C)n1ncc([N+](=O)[O-])c1C. The van der Waals surface area contributed by atoms with Gasteiger partial charge >= 0.3 is 11.7 Å². The minimum Gasteiger partial charge on any atom is -0.496 e. The number of carbonyl (C=O) groups excluding carboxylic acids is 1. The molecule has 0 saturated carbocycles. The number of rotatable bonds is 6. The van der Waals surface area contributed by atoms with E-state index in [1.54, 1.807) is 12.1 Å². The number of halogens is 1. The Morgan fingerprint density at radius 2 is 2.19 bits per heavy atom. The van der Waals surface area contributed by atoms with Gasteiger partial charge in [0.05, 0.1) is 17.6 Å². The molecule has 0 spiro atoms. The van der Waals surface area contributed by atoms with Crippen LogP contribution in [0.1, 0.15) is 24.2 Å². The van der Waals surface area contributed by atoms with Gasteiger partial charge in [0.1, 0.15) is 23.7 Å². The highest BCUT2D eigenvalue weighted by Gasteiger charge is 2.25. The van der Waals surface area contributed by atoms with Gasteiger partial charge in [0.15, 0.2) is 5.84 Å². The average Bonchev–Trinajstić information content (AvgIpc) is 3.00. The molecule has 2 N–H and O–H groups in total. The van der Waals surface area contributed by atoms with Crippen LogP contribution in [0, 0.1) is 17.0 Å². The number of nitrogens with zero attached hydrogens (tertiary/aromatic N) is 4. The van der Waals surface area contributed by atoms with Crippen molar-refractivity contribution < 1.29 is 19.3 Å². The van der Waals surface area contributed by atoms with Gasteiger partial charge in [-0.25, -0.2) is 9.48 Å². The minimum atomic E-state index is -0.943. The summed E-state index contributed by atoms with van der Waals surface area (Å²) in [6.07, 6.45) is 1.06. The van der Waals surface area contributed by atoms with E-state index in [0.29, 0.717) is 16.3 Å². The lowest BCUT2D eigenvalue weighted by atomic mass is 10.2. The van der Waals surface area contributed by atoms with Crippen molar-refractivity contribution in [3.8, 4) is 5.75 Å². The van der Waals surface area contributed by atoms with E-state index in [1.165, 1.54) is 31.7 Å². The third-order valence-corrected chi connectivity index (χ3v) is 3.83. The fourth-order valence-electron chi connectivity index (χ4n) is 2.18. The number of amidine groups is 1. The quantitative estimate of drug-likeness (QED) is 0.266. The fraction of sp³-hybridized carbons (Fsp3) is 0.267. The molecule has 1 aromatic heterocycles. The Morgan fingerprint density at radius 1 is 1.50 bits per heavy atom. The summed E-state index contributed by atoms with van der Waals surface area (Å²) in [7, 11) is 1.45. The Labute approximate surface area is 153 Å². The molecule has 0 radical (unpaired) electrons. The van der Waals surface area contributed by atoms with Crippen LogP contribution in [0.25, 0.3) is 0 Å². The Bertz CT molecular complexity index is 879. The first-order valence-corrected chi connectivity index (χ1v) is 7.70. The number of benzene rings is 1. The van der Waals surface area contributed by atoms with E-state index in [0.717, 1.165) is 6.20 Å². The Kier molecular flexibility index (Phi) is 5.78. The van der Waals surface area contributed by atoms with E-state index in [1.807, 2.05) is 0 Å². The molecule has 0 bridgehead atoms. The van der Waals surface area contributed by atoms with Gasteiger partial charge in [-0.1, -0.05) is 16.8 Å².